The number of amides is 1. The molecule has 5 nitrogen and oxygen atoms in total. The van der Waals surface area contributed by atoms with Gasteiger partial charge >= 0.3 is 0 Å². The Labute approximate surface area is 140 Å². The highest BCUT2D eigenvalue weighted by molar-refractivity contribution is 9.11. The fourth-order valence-electron chi connectivity index (χ4n) is 1.67. The van der Waals surface area contributed by atoms with Gasteiger partial charge in [0.2, 0.25) is 5.91 Å². The maximum Gasteiger partial charge on any atom is 0.233 e. The van der Waals surface area contributed by atoms with Crippen LogP contribution in [-0.4, -0.2) is 33.1 Å². The Bertz CT molecular complexity index is 620. The predicted molar refractivity (Wildman–Crippen MR) is 90.3 cm³/mol. The number of hydrogen-bond donors (Lipinski definition) is 1. The third-order valence-electron chi connectivity index (χ3n) is 2.73. The van der Waals surface area contributed by atoms with E-state index in [0.29, 0.717) is 29.7 Å². The molecule has 1 amide bonds. The van der Waals surface area contributed by atoms with E-state index in [1.807, 2.05) is 24.0 Å². The van der Waals surface area contributed by atoms with E-state index < -0.39 is 0 Å². The van der Waals surface area contributed by atoms with Crippen molar-refractivity contribution >= 4 is 50.8 Å². The number of nitrogen functional groups attached to an aromatic ring is 1. The first-order valence-electron chi connectivity index (χ1n) is 6.31. The van der Waals surface area contributed by atoms with Gasteiger partial charge in [-0.05, 0) is 35.0 Å². The summed E-state index contributed by atoms with van der Waals surface area (Å²) in [4.78, 5) is 23.3. The van der Waals surface area contributed by atoms with Gasteiger partial charge in [0, 0.05) is 23.8 Å². The number of hydrogen-bond acceptors (Lipinski definition) is 6. The van der Waals surface area contributed by atoms with Gasteiger partial charge in [0.25, 0.3) is 0 Å². The molecule has 0 saturated heterocycles. The highest BCUT2D eigenvalue weighted by Crippen LogP contribution is 2.24. The Kier molecular flexibility index (Phi) is 6.01. The van der Waals surface area contributed by atoms with Crippen LogP contribution in [0.25, 0.3) is 0 Å². The molecule has 0 aliphatic heterocycles. The second-order valence-electron chi connectivity index (χ2n) is 4.15. The average molecular weight is 387 g/mol. The molecule has 0 spiro atoms. The second kappa shape index (κ2) is 7.77. The first-order valence-corrected chi connectivity index (χ1v) is 8.91. The van der Waals surface area contributed by atoms with E-state index in [4.69, 9.17) is 5.73 Å². The number of anilines is 1. The van der Waals surface area contributed by atoms with Crippen molar-refractivity contribution in [2.75, 3.05) is 18.0 Å². The van der Waals surface area contributed by atoms with Gasteiger partial charge in [-0.15, -0.1) is 11.3 Å². The summed E-state index contributed by atoms with van der Waals surface area (Å²) in [6.45, 7) is 3.27. The number of nitrogens with two attached hydrogens (primary N) is 1. The minimum Gasteiger partial charge on any atom is -0.381 e. The lowest BCUT2D eigenvalue weighted by atomic mass is 10.4. The molecule has 0 unspecified atom stereocenters. The highest BCUT2D eigenvalue weighted by atomic mass is 79.9. The number of thioether (sulfide) groups is 1. The van der Waals surface area contributed by atoms with Crippen LogP contribution in [0.1, 0.15) is 11.8 Å². The maximum atomic E-state index is 12.3. The van der Waals surface area contributed by atoms with Crippen LogP contribution in [0.4, 0.5) is 5.82 Å². The lowest BCUT2D eigenvalue weighted by Gasteiger charge is -2.19. The lowest BCUT2D eigenvalue weighted by Crippen LogP contribution is -2.31. The minimum atomic E-state index is 0.0667. The molecule has 2 aromatic rings. The van der Waals surface area contributed by atoms with Crippen molar-refractivity contribution in [3.8, 4) is 0 Å². The van der Waals surface area contributed by atoms with Gasteiger partial charge in [0.05, 0.1) is 16.1 Å². The van der Waals surface area contributed by atoms with Gasteiger partial charge in [-0.3, -0.25) is 4.79 Å². The molecule has 0 saturated carbocycles. The summed E-state index contributed by atoms with van der Waals surface area (Å²) in [6, 6.07) is 4.02. The normalized spacial score (nSPS) is 10.6. The van der Waals surface area contributed by atoms with E-state index in [1.165, 1.54) is 18.0 Å². The Morgan fingerprint density at radius 2 is 2.19 bits per heavy atom. The van der Waals surface area contributed by atoms with Crippen molar-refractivity contribution in [2.45, 2.75) is 18.5 Å². The molecule has 2 N–H and O–H groups in total. The third kappa shape index (κ3) is 4.69. The van der Waals surface area contributed by atoms with E-state index in [2.05, 4.69) is 25.9 Å². The highest BCUT2D eigenvalue weighted by Gasteiger charge is 2.14. The Morgan fingerprint density at radius 3 is 2.81 bits per heavy atom. The number of nitrogens with zero attached hydrogens (tertiary/aromatic N) is 3. The second-order valence-corrected chi connectivity index (χ2v) is 7.66. The van der Waals surface area contributed by atoms with Crippen LogP contribution >= 0.6 is 39.0 Å². The smallest absolute Gasteiger partial charge is 0.233 e. The first-order chi connectivity index (χ1) is 10.1. The van der Waals surface area contributed by atoms with Gasteiger partial charge in [-0.2, -0.15) is 0 Å². The molecule has 0 aromatic carbocycles. The molecule has 2 rings (SSSR count). The van der Waals surface area contributed by atoms with Gasteiger partial charge < -0.3 is 10.6 Å². The zero-order valence-electron chi connectivity index (χ0n) is 11.5. The van der Waals surface area contributed by atoms with Crippen molar-refractivity contribution in [2.24, 2.45) is 0 Å². The summed E-state index contributed by atoms with van der Waals surface area (Å²) in [7, 11) is 0. The van der Waals surface area contributed by atoms with E-state index in [1.54, 1.807) is 17.5 Å². The van der Waals surface area contributed by atoms with Crippen molar-refractivity contribution in [1.29, 1.82) is 0 Å². The Morgan fingerprint density at radius 1 is 1.43 bits per heavy atom. The number of aromatic nitrogens is 2. The van der Waals surface area contributed by atoms with Crippen LogP contribution < -0.4 is 5.73 Å². The van der Waals surface area contributed by atoms with Crippen LogP contribution in [0.15, 0.2) is 33.3 Å². The topological polar surface area (TPSA) is 72.1 Å². The molecule has 0 aliphatic rings. The summed E-state index contributed by atoms with van der Waals surface area (Å²) in [6.07, 6.45) is 3.11. The molecule has 0 bridgehead atoms. The molecule has 2 heterocycles. The number of carbonyl (C=O) groups is 1. The molecule has 0 fully saturated rings. The van der Waals surface area contributed by atoms with Crippen LogP contribution in [0.3, 0.4) is 0 Å². The molecule has 0 aliphatic carbocycles. The van der Waals surface area contributed by atoms with Gasteiger partial charge in [-0.1, -0.05) is 11.8 Å². The zero-order chi connectivity index (χ0) is 15.2. The monoisotopic (exact) mass is 386 g/mol. The number of halogens is 1. The summed E-state index contributed by atoms with van der Waals surface area (Å²) < 4.78 is 1.07. The maximum absolute atomic E-state index is 12.3. The fraction of sp³-hybridized carbons (Fsp3) is 0.308. The van der Waals surface area contributed by atoms with Crippen LogP contribution in [0, 0.1) is 0 Å². The van der Waals surface area contributed by atoms with Gasteiger partial charge in [0.1, 0.15) is 5.03 Å². The Hall–Kier alpha value is -1.12. The summed E-state index contributed by atoms with van der Waals surface area (Å²) in [5.74, 6) is 0.737. The molecular formula is C13H15BrN4OS2. The van der Waals surface area contributed by atoms with Crippen molar-refractivity contribution < 1.29 is 4.79 Å². The van der Waals surface area contributed by atoms with Crippen molar-refractivity contribution in [3.05, 3.63) is 33.2 Å². The van der Waals surface area contributed by atoms with Crippen LogP contribution in [-0.2, 0) is 11.3 Å². The summed E-state index contributed by atoms with van der Waals surface area (Å²) in [5, 5.41) is 0.598. The lowest BCUT2D eigenvalue weighted by molar-refractivity contribution is -0.128. The average Bonchev–Trinajstić information content (AvgIpc) is 2.89. The standard InChI is InChI=1S/C13H15BrN4OS2/c1-2-18(7-9-3-4-10(14)21-9)11(19)8-20-13-12(15)16-5-6-17-13/h3-6H,2,7-8H2,1H3,(H2,15,16). The van der Waals surface area contributed by atoms with Gasteiger partial charge in [0.15, 0.2) is 5.82 Å². The largest absolute Gasteiger partial charge is 0.381 e. The molecule has 8 heteroatoms. The molecule has 0 radical (unpaired) electrons. The molecular weight excluding hydrogens is 372 g/mol. The first kappa shape index (κ1) is 16.3. The molecule has 112 valence electrons. The van der Waals surface area contributed by atoms with Gasteiger partial charge in [-0.25, -0.2) is 9.97 Å². The molecule has 21 heavy (non-hydrogen) atoms. The van der Waals surface area contributed by atoms with E-state index in [9.17, 15) is 4.79 Å². The zero-order valence-corrected chi connectivity index (χ0v) is 14.7. The van der Waals surface area contributed by atoms with Crippen LogP contribution in [0.5, 0.6) is 0 Å². The van der Waals surface area contributed by atoms with Crippen molar-refractivity contribution in [1.82, 2.24) is 14.9 Å². The van der Waals surface area contributed by atoms with E-state index in [0.717, 1.165) is 8.66 Å². The fourth-order valence-corrected chi connectivity index (χ4v) is 3.95. The quantitative estimate of drug-likeness (QED) is 0.772. The van der Waals surface area contributed by atoms with Crippen LogP contribution in [0.2, 0.25) is 0 Å². The third-order valence-corrected chi connectivity index (χ3v) is 5.32. The molecule has 2 aromatic heterocycles. The summed E-state index contributed by atoms with van der Waals surface area (Å²) >= 11 is 6.39. The minimum absolute atomic E-state index is 0.0667. The number of thiophene rings is 1. The van der Waals surface area contributed by atoms with E-state index >= 15 is 0 Å². The molecule has 0 atom stereocenters. The van der Waals surface area contributed by atoms with Crippen molar-refractivity contribution in [3.63, 3.8) is 0 Å². The summed E-state index contributed by atoms with van der Waals surface area (Å²) in [5.41, 5.74) is 5.72. The van der Waals surface area contributed by atoms with E-state index in [-0.39, 0.29) is 5.91 Å². The number of rotatable bonds is 6. The SMILES string of the molecule is CCN(Cc1ccc(Br)s1)C(=O)CSc1nccnc1N. The number of carbonyl (C=O) groups excluding carboxylic acids is 1. The Balaban J connectivity index is 1.93. The predicted octanol–water partition coefficient (Wildman–Crippen LogP) is 3.02.